The Morgan fingerprint density at radius 2 is 1.85 bits per heavy atom. The summed E-state index contributed by atoms with van der Waals surface area (Å²) >= 11 is 5.75. The minimum Gasteiger partial charge on any atom is -0.355 e. The van der Waals surface area contributed by atoms with E-state index in [-0.39, 0.29) is 12.6 Å². The van der Waals surface area contributed by atoms with E-state index in [1.165, 1.54) is 0 Å². The largest absolute Gasteiger partial charge is 0.416 e. The third-order valence-electron chi connectivity index (χ3n) is 4.78. The Kier molecular flexibility index (Phi) is 5.86. The van der Waals surface area contributed by atoms with E-state index in [1.807, 2.05) is 16.8 Å². The smallest absolute Gasteiger partial charge is 0.355 e. The standard InChI is InChI=1S/C18H19ClF4N4/c1-26(17-3-2-16(19)24-25-17)15-4-6-27(7-5-15)11-12-8-13(18(21,22)23)10-14(20)9-12/h2-3,8-10,15H,4-7,11H2,1H3. The summed E-state index contributed by atoms with van der Waals surface area (Å²) in [6, 6.07) is 6.43. The number of aromatic nitrogens is 2. The number of likely N-dealkylation sites (tertiary alicyclic amines) is 1. The van der Waals surface area contributed by atoms with Crippen molar-refractivity contribution < 1.29 is 17.6 Å². The number of piperidine rings is 1. The molecule has 0 bridgehead atoms. The molecule has 0 radical (unpaired) electrons. The molecule has 1 aromatic carbocycles. The van der Waals surface area contributed by atoms with Gasteiger partial charge in [-0.15, -0.1) is 10.2 Å². The third kappa shape index (κ3) is 5.07. The molecule has 1 aromatic heterocycles. The normalized spacial score (nSPS) is 16.5. The minimum absolute atomic E-state index is 0.245. The van der Waals surface area contributed by atoms with Crippen molar-refractivity contribution in [2.45, 2.75) is 31.6 Å². The Balaban J connectivity index is 1.60. The monoisotopic (exact) mass is 402 g/mol. The first-order chi connectivity index (χ1) is 12.7. The molecule has 0 spiro atoms. The lowest BCUT2D eigenvalue weighted by molar-refractivity contribution is -0.137. The molecule has 27 heavy (non-hydrogen) atoms. The van der Waals surface area contributed by atoms with E-state index in [0.29, 0.717) is 29.9 Å². The van der Waals surface area contributed by atoms with Crippen molar-refractivity contribution >= 4 is 17.4 Å². The summed E-state index contributed by atoms with van der Waals surface area (Å²) in [6.07, 6.45) is -2.91. The van der Waals surface area contributed by atoms with E-state index >= 15 is 0 Å². The Morgan fingerprint density at radius 3 is 2.44 bits per heavy atom. The summed E-state index contributed by atoms with van der Waals surface area (Å²) in [5, 5.41) is 8.23. The number of hydrogen-bond donors (Lipinski definition) is 0. The molecule has 0 aliphatic carbocycles. The van der Waals surface area contributed by atoms with Crippen LogP contribution in [0, 0.1) is 5.82 Å². The number of halogens is 5. The first kappa shape index (κ1) is 19.8. The average Bonchev–Trinajstić information content (AvgIpc) is 2.61. The van der Waals surface area contributed by atoms with Crippen LogP contribution in [0.4, 0.5) is 23.4 Å². The van der Waals surface area contributed by atoms with Crippen LogP contribution in [0.25, 0.3) is 0 Å². The van der Waals surface area contributed by atoms with E-state index in [0.717, 1.165) is 30.8 Å². The molecule has 1 aliphatic heterocycles. The molecule has 0 atom stereocenters. The Labute approximate surface area is 159 Å². The zero-order chi connectivity index (χ0) is 19.6. The van der Waals surface area contributed by atoms with Crippen molar-refractivity contribution in [2.75, 3.05) is 25.0 Å². The lowest BCUT2D eigenvalue weighted by Crippen LogP contribution is -2.43. The van der Waals surface area contributed by atoms with Gasteiger partial charge in [0, 0.05) is 32.7 Å². The number of benzene rings is 1. The van der Waals surface area contributed by atoms with Gasteiger partial charge in [0.2, 0.25) is 0 Å². The first-order valence-corrected chi connectivity index (χ1v) is 8.91. The van der Waals surface area contributed by atoms with Gasteiger partial charge in [0.25, 0.3) is 0 Å². The number of alkyl halides is 3. The van der Waals surface area contributed by atoms with Gasteiger partial charge in [0.1, 0.15) is 5.82 Å². The van der Waals surface area contributed by atoms with Gasteiger partial charge in [-0.2, -0.15) is 13.2 Å². The highest BCUT2D eigenvalue weighted by Gasteiger charge is 2.31. The summed E-state index contributed by atoms with van der Waals surface area (Å²) < 4.78 is 52.1. The molecule has 1 fully saturated rings. The summed E-state index contributed by atoms with van der Waals surface area (Å²) in [5.74, 6) is -0.145. The molecule has 0 N–H and O–H groups in total. The van der Waals surface area contributed by atoms with Crippen LogP contribution in [0.5, 0.6) is 0 Å². The minimum atomic E-state index is -4.55. The van der Waals surface area contributed by atoms with Crippen LogP contribution in [-0.4, -0.2) is 41.3 Å². The number of hydrogen-bond acceptors (Lipinski definition) is 4. The van der Waals surface area contributed by atoms with Crippen LogP contribution >= 0.6 is 11.6 Å². The molecular formula is C18H19ClF4N4. The molecule has 1 saturated heterocycles. The van der Waals surface area contributed by atoms with Crippen molar-refractivity contribution in [1.82, 2.24) is 15.1 Å². The third-order valence-corrected chi connectivity index (χ3v) is 4.98. The molecule has 3 rings (SSSR count). The van der Waals surface area contributed by atoms with Gasteiger partial charge < -0.3 is 4.90 Å². The highest BCUT2D eigenvalue weighted by Crippen LogP contribution is 2.31. The van der Waals surface area contributed by atoms with E-state index < -0.39 is 17.6 Å². The summed E-state index contributed by atoms with van der Waals surface area (Å²) in [4.78, 5) is 4.07. The molecule has 4 nitrogen and oxygen atoms in total. The molecule has 0 saturated carbocycles. The van der Waals surface area contributed by atoms with Gasteiger partial charge in [-0.25, -0.2) is 4.39 Å². The second-order valence-electron chi connectivity index (χ2n) is 6.68. The van der Waals surface area contributed by atoms with Crippen LogP contribution in [0.1, 0.15) is 24.0 Å². The maximum absolute atomic E-state index is 13.5. The fourth-order valence-electron chi connectivity index (χ4n) is 3.31. The van der Waals surface area contributed by atoms with Crippen molar-refractivity contribution in [2.24, 2.45) is 0 Å². The number of rotatable bonds is 4. The summed E-state index contributed by atoms with van der Waals surface area (Å²) in [5.41, 5.74) is -0.619. The van der Waals surface area contributed by atoms with Crippen molar-refractivity contribution in [3.63, 3.8) is 0 Å². The maximum atomic E-state index is 13.5. The molecule has 2 aromatic rings. The predicted octanol–water partition coefficient (Wildman–Crippen LogP) is 4.39. The molecule has 0 unspecified atom stereocenters. The van der Waals surface area contributed by atoms with Gasteiger partial charge in [-0.1, -0.05) is 11.6 Å². The molecular weight excluding hydrogens is 384 g/mol. The van der Waals surface area contributed by atoms with Gasteiger partial charge >= 0.3 is 6.18 Å². The first-order valence-electron chi connectivity index (χ1n) is 8.53. The quantitative estimate of drug-likeness (QED) is 0.710. The average molecular weight is 403 g/mol. The maximum Gasteiger partial charge on any atom is 0.416 e. The van der Waals surface area contributed by atoms with Crippen LogP contribution < -0.4 is 4.90 Å². The van der Waals surface area contributed by atoms with E-state index in [1.54, 1.807) is 12.1 Å². The van der Waals surface area contributed by atoms with E-state index in [4.69, 9.17) is 11.6 Å². The van der Waals surface area contributed by atoms with Gasteiger partial charge in [-0.3, -0.25) is 4.90 Å². The fraction of sp³-hybridized carbons (Fsp3) is 0.444. The Bertz CT molecular complexity index is 774. The van der Waals surface area contributed by atoms with Crippen molar-refractivity contribution in [3.05, 3.63) is 52.4 Å². The van der Waals surface area contributed by atoms with Crippen LogP contribution in [0.15, 0.2) is 30.3 Å². The number of nitrogens with zero attached hydrogens (tertiary/aromatic N) is 4. The zero-order valence-corrected chi connectivity index (χ0v) is 15.4. The highest BCUT2D eigenvalue weighted by molar-refractivity contribution is 6.29. The van der Waals surface area contributed by atoms with Gasteiger partial charge in [0.05, 0.1) is 5.56 Å². The fourth-order valence-corrected chi connectivity index (χ4v) is 3.41. The molecule has 9 heteroatoms. The van der Waals surface area contributed by atoms with Gasteiger partial charge in [-0.05, 0) is 48.7 Å². The predicted molar refractivity (Wildman–Crippen MR) is 95.1 cm³/mol. The van der Waals surface area contributed by atoms with Crippen molar-refractivity contribution in [1.29, 1.82) is 0 Å². The zero-order valence-electron chi connectivity index (χ0n) is 14.7. The van der Waals surface area contributed by atoms with Crippen LogP contribution in [0.2, 0.25) is 5.15 Å². The molecule has 146 valence electrons. The van der Waals surface area contributed by atoms with Crippen LogP contribution in [-0.2, 0) is 12.7 Å². The summed E-state index contributed by atoms with van der Waals surface area (Å²) in [6.45, 7) is 1.69. The Hall–Kier alpha value is -1.93. The second-order valence-corrected chi connectivity index (χ2v) is 7.07. The second kappa shape index (κ2) is 7.98. The van der Waals surface area contributed by atoms with E-state index in [9.17, 15) is 17.6 Å². The number of anilines is 1. The molecule has 2 heterocycles. The Morgan fingerprint density at radius 1 is 1.15 bits per heavy atom. The SMILES string of the molecule is CN(c1ccc(Cl)nn1)C1CCN(Cc2cc(F)cc(C(F)(F)F)c2)CC1. The summed E-state index contributed by atoms with van der Waals surface area (Å²) in [7, 11) is 1.93. The van der Waals surface area contributed by atoms with Crippen LogP contribution in [0.3, 0.4) is 0 Å². The van der Waals surface area contributed by atoms with E-state index in [2.05, 4.69) is 10.2 Å². The lowest BCUT2D eigenvalue weighted by atomic mass is 10.0. The van der Waals surface area contributed by atoms with Gasteiger partial charge in [0.15, 0.2) is 11.0 Å². The lowest BCUT2D eigenvalue weighted by Gasteiger charge is -2.37. The highest BCUT2D eigenvalue weighted by atomic mass is 35.5. The molecule has 0 amide bonds. The van der Waals surface area contributed by atoms with Crippen molar-refractivity contribution in [3.8, 4) is 0 Å². The molecule has 1 aliphatic rings. The topological polar surface area (TPSA) is 32.3 Å².